The minimum atomic E-state index is 0.232. The summed E-state index contributed by atoms with van der Waals surface area (Å²) >= 11 is 1.64. The highest BCUT2D eigenvalue weighted by Crippen LogP contribution is 2.18. The zero-order valence-electron chi connectivity index (χ0n) is 17.7. The maximum Gasteiger partial charge on any atom is 0.191 e. The minimum Gasteiger partial charge on any atom is -0.375 e. The molecule has 0 amide bonds. The van der Waals surface area contributed by atoms with Crippen LogP contribution in [0.2, 0.25) is 0 Å². The zero-order valence-corrected chi connectivity index (χ0v) is 18.5. The number of anilines is 2. The monoisotopic (exact) mass is 417 g/mol. The number of ether oxygens (including phenoxy) is 1. The molecule has 1 aliphatic rings. The number of nitrogens with zero attached hydrogens (tertiary/aromatic N) is 5. The van der Waals surface area contributed by atoms with Crippen molar-refractivity contribution in [3.05, 3.63) is 35.0 Å². The maximum atomic E-state index is 5.63. The van der Waals surface area contributed by atoms with Gasteiger partial charge in [0.25, 0.3) is 0 Å². The summed E-state index contributed by atoms with van der Waals surface area (Å²) in [5.74, 6) is 1.77. The fourth-order valence-electron chi connectivity index (χ4n) is 3.03. The zero-order chi connectivity index (χ0) is 20.6. The SMILES string of the molecule is CCNC(=NCc1ccnc(N2CCOC(C)C2)c1)NCc1csc(N(C)C)n1. The lowest BCUT2D eigenvalue weighted by atomic mass is 10.2. The lowest BCUT2D eigenvalue weighted by molar-refractivity contribution is 0.0529. The summed E-state index contributed by atoms with van der Waals surface area (Å²) in [5, 5.41) is 9.74. The first-order valence-electron chi connectivity index (χ1n) is 10.0. The third kappa shape index (κ3) is 6.30. The second kappa shape index (κ2) is 10.4. The van der Waals surface area contributed by atoms with E-state index in [-0.39, 0.29) is 6.10 Å². The lowest BCUT2D eigenvalue weighted by Crippen LogP contribution is -2.41. The highest BCUT2D eigenvalue weighted by Gasteiger charge is 2.18. The topological polar surface area (TPSA) is 77.9 Å². The number of hydrogen-bond donors (Lipinski definition) is 2. The van der Waals surface area contributed by atoms with Gasteiger partial charge in [0.05, 0.1) is 31.5 Å². The van der Waals surface area contributed by atoms with Crippen LogP contribution in [0.25, 0.3) is 0 Å². The van der Waals surface area contributed by atoms with Gasteiger partial charge in [-0.2, -0.15) is 0 Å². The van der Waals surface area contributed by atoms with E-state index < -0.39 is 0 Å². The van der Waals surface area contributed by atoms with Crippen molar-refractivity contribution in [2.24, 2.45) is 4.99 Å². The van der Waals surface area contributed by atoms with Crippen LogP contribution in [-0.4, -0.2) is 62.4 Å². The van der Waals surface area contributed by atoms with Crippen molar-refractivity contribution in [3.63, 3.8) is 0 Å². The van der Waals surface area contributed by atoms with Gasteiger partial charge in [0.2, 0.25) is 0 Å². The van der Waals surface area contributed by atoms with Crippen LogP contribution in [-0.2, 0) is 17.8 Å². The number of morpholine rings is 1. The predicted octanol–water partition coefficient (Wildman–Crippen LogP) is 2.08. The molecule has 8 nitrogen and oxygen atoms in total. The van der Waals surface area contributed by atoms with Crippen molar-refractivity contribution in [3.8, 4) is 0 Å². The Balaban J connectivity index is 1.61. The number of rotatable bonds is 7. The van der Waals surface area contributed by atoms with Gasteiger partial charge in [0.15, 0.2) is 11.1 Å². The van der Waals surface area contributed by atoms with E-state index in [9.17, 15) is 0 Å². The van der Waals surface area contributed by atoms with Gasteiger partial charge >= 0.3 is 0 Å². The number of pyridine rings is 1. The van der Waals surface area contributed by atoms with Gasteiger partial charge in [-0.05, 0) is 31.5 Å². The molecule has 0 spiro atoms. The number of hydrogen-bond acceptors (Lipinski definition) is 7. The largest absolute Gasteiger partial charge is 0.375 e. The fourth-order valence-corrected chi connectivity index (χ4v) is 3.79. The van der Waals surface area contributed by atoms with E-state index in [1.54, 1.807) is 11.3 Å². The normalized spacial score (nSPS) is 17.3. The molecule has 1 atom stereocenters. The molecule has 158 valence electrons. The third-order valence-corrected chi connectivity index (χ3v) is 5.56. The van der Waals surface area contributed by atoms with Gasteiger partial charge < -0.3 is 25.2 Å². The molecule has 1 aliphatic heterocycles. The van der Waals surface area contributed by atoms with Crippen LogP contribution >= 0.6 is 11.3 Å². The first-order valence-corrected chi connectivity index (χ1v) is 10.9. The summed E-state index contributed by atoms with van der Waals surface area (Å²) in [5.41, 5.74) is 2.15. The predicted molar refractivity (Wildman–Crippen MR) is 120 cm³/mol. The Bertz CT molecular complexity index is 808. The molecule has 0 saturated carbocycles. The van der Waals surface area contributed by atoms with E-state index in [4.69, 9.17) is 9.73 Å². The van der Waals surface area contributed by atoms with Gasteiger partial charge in [-0.1, -0.05) is 0 Å². The number of thiazole rings is 1. The molecule has 0 aliphatic carbocycles. The molecular formula is C20H31N7OS. The van der Waals surface area contributed by atoms with Crippen molar-refractivity contribution >= 4 is 28.2 Å². The van der Waals surface area contributed by atoms with Crippen molar-refractivity contribution in [1.82, 2.24) is 20.6 Å². The number of nitrogens with one attached hydrogen (secondary N) is 2. The van der Waals surface area contributed by atoms with E-state index in [2.05, 4.69) is 50.8 Å². The molecule has 1 unspecified atom stereocenters. The highest BCUT2D eigenvalue weighted by molar-refractivity contribution is 7.13. The molecule has 0 radical (unpaired) electrons. The molecule has 3 rings (SSSR count). The molecule has 2 aromatic rings. The van der Waals surface area contributed by atoms with Crippen LogP contribution in [0.4, 0.5) is 10.9 Å². The molecule has 1 saturated heterocycles. The van der Waals surface area contributed by atoms with E-state index in [0.29, 0.717) is 13.1 Å². The fraction of sp³-hybridized carbons (Fsp3) is 0.550. The molecule has 1 fully saturated rings. The summed E-state index contributed by atoms with van der Waals surface area (Å²) in [7, 11) is 4.00. The Hall–Kier alpha value is -2.39. The maximum absolute atomic E-state index is 5.63. The summed E-state index contributed by atoms with van der Waals surface area (Å²) in [6.07, 6.45) is 2.09. The standard InChI is InChI=1S/C20H31N7OS/c1-5-21-19(24-12-17-14-29-20(25-17)26(3)4)23-11-16-6-7-22-18(10-16)27-8-9-28-15(2)13-27/h6-7,10,14-15H,5,8-9,11-13H2,1-4H3,(H2,21,23,24). The lowest BCUT2D eigenvalue weighted by Gasteiger charge is -2.32. The van der Waals surface area contributed by atoms with Crippen LogP contribution in [0.1, 0.15) is 25.1 Å². The molecule has 29 heavy (non-hydrogen) atoms. The first kappa shape index (κ1) is 21.3. The van der Waals surface area contributed by atoms with Crippen molar-refractivity contribution in [2.45, 2.75) is 33.0 Å². The average Bonchev–Trinajstić information content (AvgIpc) is 3.20. The Kier molecular flexibility index (Phi) is 7.65. The second-order valence-electron chi connectivity index (χ2n) is 7.21. The van der Waals surface area contributed by atoms with Gasteiger partial charge in [0, 0.05) is 45.3 Å². The smallest absolute Gasteiger partial charge is 0.191 e. The van der Waals surface area contributed by atoms with Crippen LogP contribution < -0.4 is 20.4 Å². The molecule has 0 aromatic carbocycles. The van der Waals surface area contributed by atoms with E-state index in [1.165, 1.54) is 0 Å². The Labute approximate surface area is 177 Å². The van der Waals surface area contributed by atoms with E-state index in [0.717, 1.165) is 54.4 Å². The molecule has 2 aromatic heterocycles. The average molecular weight is 418 g/mol. The minimum absolute atomic E-state index is 0.232. The first-order chi connectivity index (χ1) is 14.0. The Morgan fingerprint density at radius 3 is 3.00 bits per heavy atom. The summed E-state index contributed by atoms with van der Waals surface area (Å²) in [4.78, 5) is 18.2. The Morgan fingerprint density at radius 2 is 2.28 bits per heavy atom. The quantitative estimate of drug-likeness (QED) is 0.528. The van der Waals surface area contributed by atoms with E-state index in [1.807, 2.05) is 31.3 Å². The Morgan fingerprint density at radius 1 is 1.41 bits per heavy atom. The van der Waals surface area contributed by atoms with Crippen molar-refractivity contribution in [1.29, 1.82) is 0 Å². The van der Waals surface area contributed by atoms with Crippen molar-refractivity contribution in [2.75, 3.05) is 50.1 Å². The van der Waals surface area contributed by atoms with Crippen LogP contribution in [0.5, 0.6) is 0 Å². The van der Waals surface area contributed by atoms with Crippen LogP contribution in [0, 0.1) is 0 Å². The highest BCUT2D eigenvalue weighted by atomic mass is 32.1. The number of aliphatic imine (C=N–C) groups is 1. The molecule has 2 N–H and O–H groups in total. The summed E-state index contributed by atoms with van der Waals surface area (Å²) in [6.45, 7) is 8.68. The van der Waals surface area contributed by atoms with Gasteiger partial charge in [0.1, 0.15) is 5.82 Å². The second-order valence-corrected chi connectivity index (χ2v) is 8.05. The summed E-state index contributed by atoms with van der Waals surface area (Å²) in [6, 6.07) is 4.14. The van der Waals surface area contributed by atoms with Crippen molar-refractivity contribution < 1.29 is 4.74 Å². The van der Waals surface area contributed by atoms with Gasteiger partial charge in [-0.15, -0.1) is 11.3 Å². The van der Waals surface area contributed by atoms with Gasteiger partial charge in [-0.3, -0.25) is 0 Å². The molecule has 0 bridgehead atoms. The van der Waals surface area contributed by atoms with Gasteiger partial charge in [-0.25, -0.2) is 15.0 Å². The molecule has 3 heterocycles. The van der Waals surface area contributed by atoms with Crippen LogP contribution in [0.3, 0.4) is 0 Å². The molecular weight excluding hydrogens is 386 g/mol. The van der Waals surface area contributed by atoms with Crippen LogP contribution in [0.15, 0.2) is 28.7 Å². The third-order valence-electron chi connectivity index (χ3n) is 4.50. The summed E-state index contributed by atoms with van der Waals surface area (Å²) < 4.78 is 5.63. The number of guanidine groups is 1. The van der Waals surface area contributed by atoms with E-state index >= 15 is 0 Å². The number of aromatic nitrogens is 2. The molecule has 9 heteroatoms.